The highest BCUT2D eigenvalue weighted by molar-refractivity contribution is 9.10. The van der Waals surface area contributed by atoms with E-state index in [-0.39, 0.29) is 0 Å². The van der Waals surface area contributed by atoms with Crippen molar-refractivity contribution in [2.45, 2.75) is 0 Å². The van der Waals surface area contributed by atoms with E-state index in [9.17, 15) is 0 Å². The number of amidine groups is 1. The first-order chi connectivity index (χ1) is 9.25. The van der Waals surface area contributed by atoms with E-state index in [1.807, 2.05) is 41.8 Å². The zero-order chi connectivity index (χ0) is 13.5. The second-order valence-electron chi connectivity index (χ2n) is 3.59. The molecular formula is C13H13BrN2O2S. The minimum atomic E-state index is 0.346. The van der Waals surface area contributed by atoms with Gasteiger partial charge in [-0.25, -0.2) is 0 Å². The predicted molar refractivity (Wildman–Crippen MR) is 80.6 cm³/mol. The van der Waals surface area contributed by atoms with Crippen LogP contribution in [0.3, 0.4) is 0 Å². The van der Waals surface area contributed by atoms with Gasteiger partial charge in [-0.2, -0.15) is 0 Å². The fourth-order valence-electron chi connectivity index (χ4n) is 1.34. The summed E-state index contributed by atoms with van der Waals surface area (Å²) in [6, 6.07) is 11.4. The molecule has 19 heavy (non-hydrogen) atoms. The standard InChI is InChI=1S/C13H13BrN2O2S/c14-10-3-1-4-11(9-10)17-6-7-18-16-13(15)12-5-2-8-19-12/h1-5,8-9H,6-7H2,(H2,15,16). The summed E-state index contributed by atoms with van der Waals surface area (Å²) in [5.41, 5.74) is 5.74. The molecule has 0 aliphatic heterocycles. The van der Waals surface area contributed by atoms with E-state index in [2.05, 4.69) is 21.1 Å². The van der Waals surface area contributed by atoms with Gasteiger partial charge < -0.3 is 15.3 Å². The Hall–Kier alpha value is -1.53. The molecule has 0 aliphatic rings. The molecule has 0 unspecified atom stereocenters. The molecule has 0 saturated heterocycles. The monoisotopic (exact) mass is 340 g/mol. The summed E-state index contributed by atoms with van der Waals surface area (Å²) >= 11 is 4.90. The maximum absolute atomic E-state index is 5.74. The first kappa shape index (κ1) is 13.9. The molecule has 0 fully saturated rings. The number of ether oxygens (including phenoxy) is 1. The average Bonchev–Trinajstić information content (AvgIpc) is 2.92. The van der Waals surface area contributed by atoms with Crippen LogP contribution in [0.25, 0.3) is 0 Å². The number of benzene rings is 1. The second kappa shape index (κ2) is 7.16. The van der Waals surface area contributed by atoms with Crippen LogP contribution in [0.4, 0.5) is 0 Å². The molecule has 1 heterocycles. The lowest BCUT2D eigenvalue weighted by atomic mass is 10.3. The lowest BCUT2D eigenvalue weighted by Crippen LogP contribution is -2.13. The van der Waals surface area contributed by atoms with Crippen molar-refractivity contribution >= 4 is 33.1 Å². The quantitative estimate of drug-likeness (QED) is 0.380. The maximum atomic E-state index is 5.74. The van der Waals surface area contributed by atoms with Crippen LogP contribution in [0.15, 0.2) is 51.4 Å². The number of rotatable bonds is 6. The number of thiophene rings is 1. The Morgan fingerprint density at radius 1 is 1.26 bits per heavy atom. The SMILES string of the molecule is NC(=NOCCOc1cccc(Br)c1)c1cccs1. The molecule has 1 aromatic carbocycles. The van der Waals surface area contributed by atoms with Gasteiger partial charge in [-0.15, -0.1) is 11.3 Å². The van der Waals surface area contributed by atoms with Gasteiger partial charge in [-0.1, -0.05) is 33.2 Å². The maximum Gasteiger partial charge on any atom is 0.180 e. The van der Waals surface area contributed by atoms with Gasteiger partial charge in [-0.3, -0.25) is 0 Å². The number of oxime groups is 1. The minimum absolute atomic E-state index is 0.346. The van der Waals surface area contributed by atoms with Crippen LogP contribution in [-0.2, 0) is 4.84 Å². The first-order valence-electron chi connectivity index (χ1n) is 5.63. The molecule has 2 aromatic rings. The normalized spacial score (nSPS) is 11.3. The van der Waals surface area contributed by atoms with E-state index < -0.39 is 0 Å². The Kier molecular flexibility index (Phi) is 5.23. The highest BCUT2D eigenvalue weighted by atomic mass is 79.9. The van der Waals surface area contributed by atoms with Crippen molar-refractivity contribution in [3.8, 4) is 5.75 Å². The van der Waals surface area contributed by atoms with Crippen molar-refractivity contribution in [1.29, 1.82) is 0 Å². The number of nitrogens with two attached hydrogens (primary N) is 1. The molecule has 2 N–H and O–H groups in total. The van der Waals surface area contributed by atoms with E-state index >= 15 is 0 Å². The summed E-state index contributed by atoms with van der Waals surface area (Å²) in [5.74, 6) is 1.17. The van der Waals surface area contributed by atoms with Gasteiger partial charge in [0, 0.05) is 4.47 Å². The van der Waals surface area contributed by atoms with Crippen molar-refractivity contribution in [2.24, 2.45) is 10.9 Å². The topological polar surface area (TPSA) is 56.8 Å². The highest BCUT2D eigenvalue weighted by Crippen LogP contribution is 2.17. The Morgan fingerprint density at radius 2 is 2.16 bits per heavy atom. The fourth-order valence-corrected chi connectivity index (χ4v) is 2.34. The summed E-state index contributed by atoms with van der Waals surface area (Å²) in [5, 5.41) is 5.77. The minimum Gasteiger partial charge on any atom is -0.490 e. The molecule has 1 aromatic heterocycles. The average molecular weight is 341 g/mol. The zero-order valence-electron chi connectivity index (χ0n) is 10.1. The molecule has 4 nitrogen and oxygen atoms in total. The van der Waals surface area contributed by atoms with Crippen molar-refractivity contribution in [2.75, 3.05) is 13.2 Å². The van der Waals surface area contributed by atoms with Crippen LogP contribution in [0.2, 0.25) is 0 Å². The molecule has 0 radical (unpaired) electrons. The Morgan fingerprint density at radius 3 is 2.89 bits per heavy atom. The van der Waals surface area contributed by atoms with E-state index in [1.54, 1.807) is 0 Å². The van der Waals surface area contributed by atoms with Crippen molar-refractivity contribution in [3.63, 3.8) is 0 Å². The number of hydrogen-bond acceptors (Lipinski definition) is 4. The molecule has 2 rings (SSSR count). The highest BCUT2D eigenvalue weighted by Gasteiger charge is 1.99. The second-order valence-corrected chi connectivity index (χ2v) is 5.46. The molecule has 0 saturated carbocycles. The smallest absolute Gasteiger partial charge is 0.180 e. The molecule has 0 atom stereocenters. The summed E-state index contributed by atoms with van der Waals surface area (Å²) in [6.07, 6.45) is 0. The van der Waals surface area contributed by atoms with E-state index in [0.717, 1.165) is 15.1 Å². The van der Waals surface area contributed by atoms with Gasteiger partial charge in [0.15, 0.2) is 12.4 Å². The number of nitrogens with zero attached hydrogens (tertiary/aromatic N) is 1. The van der Waals surface area contributed by atoms with Crippen LogP contribution in [0.1, 0.15) is 4.88 Å². The third-order valence-corrected chi connectivity index (χ3v) is 3.56. The molecule has 0 spiro atoms. The molecule has 100 valence electrons. The zero-order valence-corrected chi connectivity index (χ0v) is 12.5. The van der Waals surface area contributed by atoms with Crippen molar-refractivity contribution < 1.29 is 9.57 Å². The van der Waals surface area contributed by atoms with Gasteiger partial charge in [0.1, 0.15) is 12.4 Å². The summed E-state index contributed by atoms with van der Waals surface area (Å²) in [7, 11) is 0. The van der Waals surface area contributed by atoms with Gasteiger partial charge in [0.2, 0.25) is 0 Å². The van der Waals surface area contributed by atoms with Crippen LogP contribution < -0.4 is 10.5 Å². The molecule has 0 aliphatic carbocycles. The van der Waals surface area contributed by atoms with Crippen LogP contribution in [-0.4, -0.2) is 19.0 Å². The van der Waals surface area contributed by atoms with Gasteiger partial charge >= 0.3 is 0 Å². The number of halogens is 1. The lowest BCUT2D eigenvalue weighted by molar-refractivity contribution is 0.107. The Bertz CT molecular complexity index is 543. The van der Waals surface area contributed by atoms with Gasteiger partial charge in [0.25, 0.3) is 0 Å². The van der Waals surface area contributed by atoms with Crippen molar-refractivity contribution in [3.05, 3.63) is 51.1 Å². The number of hydrogen-bond donors (Lipinski definition) is 1. The van der Waals surface area contributed by atoms with Crippen LogP contribution in [0.5, 0.6) is 5.75 Å². The van der Waals surface area contributed by atoms with E-state index in [4.69, 9.17) is 15.3 Å². The first-order valence-corrected chi connectivity index (χ1v) is 7.30. The summed E-state index contributed by atoms with van der Waals surface area (Å²) in [4.78, 5) is 6.00. The molecule has 6 heteroatoms. The largest absolute Gasteiger partial charge is 0.490 e. The molecule has 0 bridgehead atoms. The van der Waals surface area contributed by atoms with E-state index in [0.29, 0.717) is 19.0 Å². The molecular weight excluding hydrogens is 328 g/mol. The van der Waals surface area contributed by atoms with Gasteiger partial charge in [0.05, 0.1) is 4.88 Å². The van der Waals surface area contributed by atoms with Gasteiger partial charge in [-0.05, 0) is 29.6 Å². The third kappa shape index (κ3) is 4.57. The Balaban J connectivity index is 1.71. The fraction of sp³-hybridized carbons (Fsp3) is 0.154. The Labute approximate surface area is 124 Å². The van der Waals surface area contributed by atoms with Crippen molar-refractivity contribution in [1.82, 2.24) is 0 Å². The lowest BCUT2D eigenvalue weighted by Gasteiger charge is -2.05. The summed E-state index contributed by atoms with van der Waals surface area (Å²) < 4.78 is 6.47. The van der Waals surface area contributed by atoms with Crippen LogP contribution in [0, 0.1) is 0 Å². The predicted octanol–water partition coefficient (Wildman–Crippen LogP) is 3.23. The summed E-state index contributed by atoms with van der Waals surface area (Å²) in [6.45, 7) is 0.760. The van der Waals surface area contributed by atoms with Crippen LogP contribution >= 0.6 is 27.3 Å². The van der Waals surface area contributed by atoms with E-state index in [1.165, 1.54) is 11.3 Å². The third-order valence-electron chi connectivity index (χ3n) is 2.18. The molecule has 0 amide bonds.